The second-order valence-corrected chi connectivity index (χ2v) is 8.52. The number of benzene rings is 1. The van der Waals surface area contributed by atoms with E-state index in [4.69, 9.17) is 4.74 Å². The molecular formula is C21H35O3S. The molecule has 0 aliphatic rings. The first-order valence-corrected chi connectivity index (χ1v) is 11.5. The molecule has 0 unspecified atom stereocenters. The zero-order chi connectivity index (χ0) is 18.4. The first-order chi connectivity index (χ1) is 12.1. The van der Waals surface area contributed by atoms with E-state index in [1.54, 1.807) is 24.3 Å². The van der Waals surface area contributed by atoms with Crippen molar-refractivity contribution in [2.24, 2.45) is 0 Å². The highest BCUT2D eigenvalue weighted by atomic mass is 32.2. The van der Waals surface area contributed by atoms with Gasteiger partial charge in [-0.1, -0.05) is 71.6 Å². The quantitative estimate of drug-likeness (QED) is 0.340. The van der Waals surface area contributed by atoms with Crippen molar-refractivity contribution in [2.75, 3.05) is 6.61 Å². The Morgan fingerprint density at radius 1 is 0.800 bits per heavy atom. The molecule has 4 heteroatoms. The van der Waals surface area contributed by atoms with Crippen LogP contribution < -0.4 is 4.74 Å². The lowest BCUT2D eigenvalue weighted by Gasteiger charge is -2.08. The van der Waals surface area contributed by atoms with Gasteiger partial charge in [0, 0.05) is 0 Å². The predicted molar refractivity (Wildman–Crippen MR) is 106 cm³/mol. The Bertz CT molecular complexity index is 535. The second kappa shape index (κ2) is 13.2. The van der Waals surface area contributed by atoms with E-state index in [2.05, 4.69) is 6.92 Å². The van der Waals surface area contributed by atoms with Crippen molar-refractivity contribution in [3.05, 3.63) is 30.0 Å². The lowest BCUT2D eigenvalue weighted by Crippen LogP contribution is -2.01. The maximum absolute atomic E-state index is 11.9. The number of unbranched alkanes of at least 4 members (excludes halogenated alkanes) is 9. The molecule has 1 radical (unpaired) electrons. The van der Waals surface area contributed by atoms with Crippen LogP contribution in [0.2, 0.25) is 0 Å². The molecule has 0 N–H and O–H groups in total. The van der Waals surface area contributed by atoms with Crippen LogP contribution in [0.4, 0.5) is 0 Å². The van der Waals surface area contributed by atoms with Crippen molar-refractivity contribution in [3.8, 4) is 5.75 Å². The fourth-order valence-corrected chi connectivity index (χ4v) is 3.97. The molecule has 25 heavy (non-hydrogen) atoms. The van der Waals surface area contributed by atoms with Gasteiger partial charge in [-0.15, -0.1) is 0 Å². The number of ether oxygens (including phenoxy) is 1. The molecule has 1 rings (SSSR count). The third-order valence-corrected chi connectivity index (χ3v) is 6.01. The van der Waals surface area contributed by atoms with E-state index >= 15 is 0 Å². The fraction of sp³-hybridized carbons (Fsp3) is 0.667. The van der Waals surface area contributed by atoms with Crippen LogP contribution in [-0.4, -0.2) is 15.0 Å². The van der Waals surface area contributed by atoms with Crippen LogP contribution in [0.25, 0.3) is 0 Å². The molecule has 0 fully saturated rings. The Balaban J connectivity index is 2.09. The van der Waals surface area contributed by atoms with Gasteiger partial charge in [0.2, 0.25) is 0 Å². The molecule has 0 aliphatic heterocycles. The van der Waals surface area contributed by atoms with Gasteiger partial charge in [-0.3, -0.25) is 0 Å². The van der Waals surface area contributed by atoms with Gasteiger partial charge >= 0.3 is 0 Å². The first kappa shape index (κ1) is 22.0. The molecule has 0 amide bonds. The van der Waals surface area contributed by atoms with Crippen molar-refractivity contribution in [3.63, 3.8) is 0 Å². The normalized spacial score (nSPS) is 11.6. The van der Waals surface area contributed by atoms with Crippen molar-refractivity contribution in [1.29, 1.82) is 0 Å². The largest absolute Gasteiger partial charge is 0.494 e. The minimum atomic E-state index is -3.25. The van der Waals surface area contributed by atoms with Gasteiger partial charge in [0.15, 0.2) is 9.84 Å². The van der Waals surface area contributed by atoms with Gasteiger partial charge in [-0.25, -0.2) is 8.42 Å². The molecule has 0 spiro atoms. The Morgan fingerprint density at radius 3 is 1.84 bits per heavy atom. The summed E-state index contributed by atoms with van der Waals surface area (Å²) in [6, 6.07) is 6.73. The van der Waals surface area contributed by atoms with Crippen LogP contribution in [0.3, 0.4) is 0 Å². The summed E-state index contributed by atoms with van der Waals surface area (Å²) >= 11 is 0. The smallest absolute Gasteiger partial charge is 0.182 e. The molecule has 143 valence electrons. The van der Waals surface area contributed by atoms with Crippen LogP contribution in [0, 0.1) is 5.75 Å². The lowest BCUT2D eigenvalue weighted by atomic mass is 10.1. The summed E-state index contributed by atoms with van der Waals surface area (Å²) in [6.45, 7) is 4.77. The maximum Gasteiger partial charge on any atom is 0.182 e. The average molecular weight is 368 g/mol. The maximum atomic E-state index is 11.9. The van der Waals surface area contributed by atoms with E-state index in [0.29, 0.717) is 17.9 Å². The summed E-state index contributed by atoms with van der Waals surface area (Å²) in [5, 5.41) is 0. The number of hydrogen-bond donors (Lipinski definition) is 0. The van der Waals surface area contributed by atoms with E-state index < -0.39 is 9.84 Å². The summed E-state index contributed by atoms with van der Waals surface area (Å²) < 4.78 is 29.5. The molecule has 1 aromatic rings. The molecule has 3 nitrogen and oxygen atoms in total. The monoisotopic (exact) mass is 367 g/mol. The average Bonchev–Trinajstić information content (AvgIpc) is 2.60. The van der Waals surface area contributed by atoms with Crippen molar-refractivity contribution >= 4 is 9.84 Å². The zero-order valence-electron chi connectivity index (χ0n) is 16.0. The van der Waals surface area contributed by atoms with Gasteiger partial charge in [0.25, 0.3) is 0 Å². The summed E-state index contributed by atoms with van der Waals surface area (Å²) in [7, 11) is -3.25. The van der Waals surface area contributed by atoms with Gasteiger partial charge < -0.3 is 4.74 Å². The Morgan fingerprint density at radius 2 is 1.32 bits per heavy atom. The van der Waals surface area contributed by atoms with E-state index in [9.17, 15) is 8.42 Å². The summed E-state index contributed by atoms with van der Waals surface area (Å²) in [5.41, 5.74) is 0. The molecule has 0 saturated heterocycles. The van der Waals surface area contributed by atoms with E-state index in [0.717, 1.165) is 12.2 Å². The molecule has 0 aromatic heterocycles. The molecule has 0 saturated carbocycles. The zero-order valence-corrected chi connectivity index (χ0v) is 16.8. The molecule has 1 aromatic carbocycles. The summed E-state index contributed by atoms with van der Waals surface area (Å²) in [6.07, 6.45) is 13.6. The van der Waals surface area contributed by atoms with Crippen LogP contribution in [0.15, 0.2) is 29.2 Å². The van der Waals surface area contributed by atoms with Gasteiger partial charge in [0.05, 0.1) is 17.3 Å². The lowest BCUT2D eigenvalue weighted by molar-refractivity contribution is 0.304. The van der Waals surface area contributed by atoms with E-state index in [-0.39, 0.29) is 0 Å². The standard InChI is InChI=1S/C21H35O3S/c1-3-5-6-7-8-9-10-11-12-13-18-24-20-14-16-21(17-15-20)25(22,23)19-4-2/h14-17,19H,3-13,18H2,1-2H3. The number of hydrogen-bond acceptors (Lipinski definition) is 3. The third kappa shape index (κ3) is 9.88. The highest BCUT2D eigenvalue weighted by Gasteiger charge is 2.13. The van der Waals surface area contributed by atoms with Crippen LogP contribution in [-0.2, 0) is 9.84 Å². The van der Waals surface area contributed by atoms with Crippen LogP contribution >= 0.6 is 0 Å². The highest BCUT2D eigenvalue weighted by Crippen LogP contribution is 2.19. The van der Waals surface area contributed by atoms with Crippen molar-refractivity contribution < 1.29 is 13.2 Å². The Hall–Kier alpha value is -1.03. The van der Waals surface area contributed by atoms with Crippen molar-refractivity contribution in [2.45, 2.75) is 89.4 Å². The molecule has 0 aliphatic carbocycles. The molecule has 0 heterocycles. The Kier molecular flexibility index (Phi) is 11.6. The third-order valence-electron chi connectivity index (χ3n) is 4.30. The summed E-state index contributed by atoms with van der Waals surface area (Å²) in [4.78, 5) is 0.334. The minimum Gasteiger partial charge on any atom is -0.494 e. The minimum absolute atomic E-state index is 0.334. The molecule has 0 atom stereocenters. The van der Waals surface area contributed by atoms with E-state index in [1.807, 2.05) is 6.92 Å². The number of sulfone groups is 1. The molecule has 0 bridgehead atoms. The predicted octanol–water partition coefficient (Wildman–Crippen LogP) is 6.33. The van der Waals surface area contributed by atoms with Gasteiger partial charge in [0.1, 0.15) is 5.75 Å². The Labute approximate surface area is 155 Å². The van der Waals surface area contributed by atoms with E-state index in [1.165, 1.54) is 63.5 Å². The SMILES string of the molecule is CC[CH]S(=O)(=O)c1ccc(OCCCCCCCCCCCC)cc1. The van der Waals surface area contributed by atoms with Crippen molar-refractivity contribution in [1.82, 2.24) is 0 Å². The van der Waals surface area contributed by atoms with Crippen LogP contribution in [0.5, 0.6) is 5.75 Å². The topological polar surface area (TPSA) is 43.4 Å². The van der Waals surface area contributed by atoms with Gasteiger partial charge in [-0.2, -0.15) is 0 Å². The first-order valence-electron chi connectivity index (χ1n) is 9.91. The second-order valence-electron chi connectivity index (χ2n) is 6.62. The molecular weight excluding hydrogens is 332 g/mol. The highest BCUT2D eigenvalue weighted by molar-refractivity contribution is 7.93. The number of rotatable bonds is 15. The summed E-state index contributed by atoms with van der Waals surface area (Å²) in [5.74, 6) is 2.08. The van der Waals surface area contributed by atoms with Gasteiger partial charge in [-0.05, 0) is 37.1 Å². The van der Waals surface area contributed by atoms with Crippen LogP contribution in [0.1, 0.15) is 84.5 Å². The fourth-order valence-electron chi connectivity index (χ4n) is 2.82.